The Morgan fingerprint density at radius 1 is 0.816 bits per heavy atom. The molecule has 1 aromatic heterocycles. The van der Waals surface area contributed by atoms with Crippen molar-refractivity contribution in [2.75, 3.05) is 17.7 Å². The smallest absolute Gasteiger partial charge is 0.435 e. The van der Waals surface area contributed by atoms with Gasteiger partial charge < -0.3 is 20.7 Å². The van der Waals surface area contributed by atoms with Crippen molar-refractivity contribution in [1.82, 2.24) is 10.3 Å². The lowest BCUT2D eigenvalue weighted by Crippen LogP contribution is -2.50. The predicted molar refractivity (Wildman–Crippen MR) is 118 cm³/mol. The van der Waals surface area contributed by atoms with Crippen molar-refractivity contribution < 1.29 is 49.4 Å². The molecule has 0 radical (unpaired) electrons. The summed E-state index contributed by atoms with van der Waals surface area (Å²) < 4.78 is 112. The highest BCUT2D eigenvalue weighted by molar-refractivity contribution is 6.00. The van der Waals surface area contributed by atoms with Crippen LogP contribution in [-0.4, -0.2) is 36.3 Å². The van der Waals surface area contributed by atoms with Crippen LogP contribution in [0.15, 0.2) is 60.8 Å². The number of pyridine rings is 1. The fourth-order valence-corrected chi connectivity index (χ4v) is 3.08. The van der Waals surface area contributed by atoms with Crippen LogP contribution >= 0.6 is 0 Å². The van der Waals surface area contributed by atoms with Crippen LogP contribution in [-0.2, 0) is 5.67 Å². The first-order valence-corrected chi connectivity index (χ1v) is 10.3. The van der Waals surface area contributed by atoms with Crippen LogP contribution in [0.4, 0.5) is 51.3 Å². The summed E-state index contributed by atoms with van der Waals surface area (Å²) in [6.07, 6.45) is -11.5. The summed E-state index contributed by atoms with van der Waals surface area (Å²) in [5.41, 5.74) is -8.73. The van der Waals surface area contributed by atoms with Gasteiger partial charge in [-0.1, -0.05) is 6.07 Å². The van der Waals surface area contributed by atoms with Crippen molar-refractivity contribution in [3.05, 3.63) is 77.9 Å². The van der Waals surface area contributed by atoms with Gasteiger partial charge in [-0.15, -0.1) is 0 Å². The lowest BCUT2D eigenvalue weighted by Gasteiger charge is -2.30. The second-order valence-corrected chi connectivity index (χ2v) is 7.51. The molecule has 3 aromatic rings. The van der Waals surface area contributed by atoms with Gasteiger partial charge in [0.1, 0.15) is 23.0 Å². The number of ether oxygens (including phenoxy) is 1. The Labute approximate surface area is 208 Å². The largest absolute Gasteiger partial charge is 0.457 e. The Morgan fingerprint density at radius 2 is 1.45 bits per heavy atom. The summed E-state index contributed by atoms with van der Waals surface area (Å²) in [4.78, 5) is 27.7. The van der Waals surface area contributed by atoms with Gasteiger partial charge in [0, 0.05) is 30.6 Å². The SMILES string of the molecule is CNC(=O)c1cc(Oc2ccc(NC(=O)Nc3cc(C(F)(C(F)(F)F)C(F)(F)F)ccc3F)cc2)ccn1. The molecule has 0 bridgehead atoms. The summed E-state index contributed by atoms with van der Waals surface area (Å²) >= 11 is 0. The van der Waals surface area contributed by atoms with Crippen LogP contribution < -0.4 is 20.7 Å². The molecule has 0 atom stereocenters. The Balaban J connectivity index is 1.73. The summed E-state index contributed by atoms with van der Waals surface area (Å²) in [5, 5.41) is 6.33. The van der Waals surface area contributed by atoms with E-state index in [2.05, 4.69) is 15.6 Å². The quantitative estimate of drug-likeness (QED) is 0.315. The number of nitrogens with one attached hydrogen (secondary N) is 3. The molecular formula is C23H16F8N4O3. The van der Waals surface area contributed by atoms with E-state index in [0.29, 0.717) is 0 Å². The van der Waals surface area contributed by atoms with Crippen LogP contribution in [0.1, 0.15) is 16.1 Å². The molecule has 7 nitrogen and oxygen atoms in total. The van der Waals surface area contributed by atoms with Crippen molar-refractivity contribution in [2.24, 2.45) is 0 Å². The topological polar surface area (TPSA) is 92.4 Å². The second kappa shape index (κ2) is 10.5. The normalized spacial score (nSPS) is 12.0. The first-order chi connectivity index (χ1) is 17.7. The third-order valence-corrected chi connectivity index (χ3v) is 4.93. The van der Waals surface area contributed by atoms with Gasteiger partial charge in [0.2, 0.25) is 0 Å². The van der Waals surface area contributed by atoms with E-state index in [1.165, 1.54) is 49.6 Å². The number of amides is 3. The summed E-state index contributed by atoms with van der Waals surface area (Å²) in [6.45, 7) is 0. The zero-order valence-electron chi connectivity index (χ0n) is 19.0. The minimum atomic E-state index is -6.41. The molecule has 0 spiro atoms. The summed E-state index contributed by atoms with van der Waals surface area (Å²) in [5.74, 6) is -1.35. The number of halogens is 8. The highest BCUT2D eigenvalue weighted by atomic mass is 19.4. The van der Waals surface area contributed by atoms with E-state index in [-0.39, 0.29) is 41.1 Å². The number of rotatable bonds is 6. The molecule has 2 aromatic carbocycles. The molecule has 0 saturated carbocycles. The molecule has 38 heavy (non-hydrogen) atoms. The Kier molecular flexibility index (Phi) is 7.79. The second-order valence-electron chi connectivity index (χ2n) is 7.51. The maximum atomic E-state index is 14.3. The minimum Gasteiger partial charge on any atom is -0.457 e. The average molecular weight is 548 g/mol. The fraction of sp³-hybridized carbons (Fsp3) is 0.174. The molecule has 0 unspecified atom stereocenters. The van der Waals surface area contributed by atoms with Gasteiger partial charge in [0.25, 0.3) is 5.91 Å². The van der Waals surface area contributed by atoms with E-state index < -0.39 is 47.0 Å². The minimum absolute atomic E-state index is 0.0153. The van der Waals surface area contributed by atoms with Crippen molar-refractivity contribution in [3.63, 3.8) is 0 Å². The molecule has 15 heteroatoms. The molecule has 3 amide bonds. The standard InChI is InChI=1S/C23H16F8N4O3/c1-32-19(36)18-11-15(8-9-33-18)38-14-5-3-13(4-6-14)34-20(37)35-17-10-12(2-7-16(17)24)21(25,22(26,27)28)23(29,30)31/h2-11H,1H3,(H,32,36)(H2,34,35,37). The molecule has 0 aliphatic rings. The van der Waals surface area contributed by atoms with Crippen LogP contribution in [0.3, 0.4) is 0 Å². The number of hydrogen-bond donors (Lipinski definition) is 3. The van der Waals surface area contributed by atoms with E-state index in [9.17, 15) is 44.7 Å². The molecule has 0 fully saturated rings. The van der Waals surface area contributed by atoms with Crippen LogP contribution in [0, 0.1) is 5.82 Å². The zero-order chi connectivity index (χ0) is 28.3. The summed E-state index contributed by atoms with van der Waals surface area (Å²) in [6, 6.07) is 7.02. The number of benzene rings is 2. The van der Waals surface area contributed by atoms with E-state index >= 15 is 0 Å². The first kappa shape index (κ1) is 28.1. The van der Waals surface area contributed by atoms with E-state index in [4.69, 9.17) is 4.74 Å². The van der Waals surface area contributed by atoms with E-state index in [1.807, 2.05) is 0 Å². The lowest BCUT2D eigenvalue weighted by molar-refractivity contribution is -0.348. The number of urea groups is 1. The van der Waals surface area contributed by atoms with Gasteiger partial charge in [-0.25, -0.2) is 13.6 Å². The van der Waals surface area contributed by atoms with Gasteiger partial charge in [0.15, 0.2) is 0 Å². The van der Waals surface area contributed by atoms with E-state index in [1.54, 1.807) is 5.32 Å². The Morgan fingerprint density at radius 3 is 2.03 bits per heavy atom. The molecule has 0 saturated heterocycles. The molecule has 3 rings (SSSR count). The van der Waals surface area contributed by atoms with Crippen molar-refractivity contribution in [3.8, 4) is 11.5 Å². The number of carbonyl (C=O) groups is 2. The highest BCUT2D eigenvalue weighted by Crippen LogP contribution is 2.53. The third kappa shape index (κ3) is 5.92. The van der Waals surface area contributed by atoms with Crippen LogP contribution in [0.2, 0.25) is 0 Å². The van der Waals surface area contributed by atoms with Crippen LogP contribution in [0.25, 0.3) is 0 Å². The van der Waals surface area contributed by atoms with Gasteiger partial charge in [0.05, 0.1) is 5.69 Å². The van der Waals surface area contributed by atoms with Gasteiger partial charge in [-0.05, 0) is 42.5 Å². The molecule has 0 aliphatic heterocycles. The Hall–Kier alpha value is -4.43. The Bertz CT molecular complexity index is 1310. The van der Waals surface area contributed by atoms with Crippen molar-refractivity contribution in [2.45, 2.75) is 18.0 Å². The maximum Gasteiger partial charge on any atom is 0.435 e. The molecule has 3 N–H and O–H groups in total. The number of hydrogen-bond acceptors (Lipinski definition) is 4. The van der Waals surface area contributed by atoms with Gasteiger partial charge >= 0.3 is 24.1 Å². The first-order valence-electron chi connectivity index (χ1n) is 10.3. The number of alkyl halides is 7. The van der Waals surface area contributed by atoms with Gasteiger partial charge in [-0.2, -0.15) is 26.3 Å². The number of nitrogens with zero attached hydrogens (tertiary/aromatic N) is 1. The van der Waals surface area contributed by atoms with Crippen molar-refractivity contribution >= 4 is 23.3 Å². The fourth-order valence-electron chi connectivity index (χ4n) is 3.08. The van der Waals surface area contributed by atoms with Crippen LogP contribution in [0.5, 0.6) is 11.5 Å². The van der Waals surface area contributed by atoms with Gasteiger partial charge in [-0.3, -0.25) is 9.78 Å². The molecule has 202 valence electrons. The van der Waals surface area contributed by atoms with Crippen molar-refractivity contribution in [1.29, 1.82) is 0 Å². The summed E-state index contributed by atoms with van der Waals surface area (Å²) in [7, 11) is 1.42. The monoisotopic (exact) mass is 548 g/mol. The molecule has 1 heterocycles. The maximum absolute atomic E-state index is 14.3. The average Bonchev–Trinajstić information content (AvgIpc) is 2.84. The van der Waals surface area contributed by atoms with E-state index in [0.717, 1.165) is 0 Å². The third-order valence-electron chi connectivity index (χ3n) is 4.93. The number of carbonyl (C=O) groups excluding carboxylic acids is 2. The number of anilines is 2. The zero-order valence-corrected chi connectivity index (χ0v) is 19.0. The lowest BCUT2D eigenvalue weighted by atomic mass is 9.93. The number of aromatic nitrogens is 1. The highest BCUT2D eigenvalue weighted by Gasteiger charge is 2.73. The molecule has 0 aliphatic carbocycles. The molecular weight excluding hydrogens is 532 g/mol. The predicted octanol–water partition coefficient (Wildman–Crippen LogP) is 6.31.